The highest BCUT2D eigenvalue weighted by Gasteiger charge is 2.43. The van der Waals surface area contributed by atoms with Gasteiger partial charge in [-0.1, -0.05) is 24.3 Å². The van der Waals surface area contributed by atoms with E-state index >= 15 is 0 Å². The molecule has 3 heterocycles. The van der Waals surface area contributed by atoms with Crippen LogP contribution < -0.4 is 13.8 Å². The summed E-state index contributed by atoms with van der Waals surface area (Å²) in [6.07, 6.45) is 1.37. The zero-order valence-corrected chi connectivity index (χ0v) is 29.0. The number of fused-ring (bicyclic) bond motifs is 1. The van der Waals surface area contributed by atoms with Gasteiger partial charge in [0.15, 0.2) is 0 Å². The zero-order chi connectivity index (χ0) is 34.1. The average molecular weight is 681 g/mol. The highest BCUT2D eigenvalue weighted by atomic mass is 32.2. The fourth-order valence-corrected chi connectivity index (χ4v) is 9.54. The van der Waals surface area contributed by atoms with Crippen molar-refractivity contribution >= 4 is 21.6 Å². The van der Waals surface area contributed by atoms with E-state index in [9.17, 15) is 17.6 Å². The van der Waals surface area contributed by atoms with Crippen LogP contribution >= 0.6 is 0 Å². The van der Waals surface area contributed by atoms with Gasteiger partial charge in [0.05, 0.1) is 24.3 Å². The Morgan fingerprint density at radius 3 is 2.31 bits per heavy atom. The lowest BCUT2D eigenvalue weighted by Crippen LogP contribution is -2.59. The molecule has 0 radical (unpaired) electrons. The van der Waals surface area contributed by atoms with Crippen molar-refractivity contribution in [2.45, 2.75) is 43.2 Å². The molecule has 12 heteroatoms. The van der Waals surface area contributed by atoms with Crippen LogP contribution in [0.5, 0.6) is 11.5 Å². The number of para-hydroxylation sites is 2. The van der Waals surface area contributed by atoms with E-state index in [0.29, 0.717) is 54.2 Å². The van der Waals surface area contributed by atoms with Gasteiger partial charge < -0.3 is 24.0 Å². The Bertz CT molecular complexity index is 1710. The van der Waals surface area contributed by atoms with Crippen molar-refractivity contribution in [1.29, 1.82) is 0 Å². The number of piperazine rings is 1. The summed E-state index contributed by atoms with van der Waals surface area (Å²) in [5, 5.41) is 0. The van der Waals surface area contributed by atoms with Crippen LogP contribution in [0.15, 0.2) is 65.6 Å². The largest absolute Gasteiger partial charge is 0.497 e. The number of methoxy groups -OCH3 is 1. The minimum atomic E-state index is -4.05. The third kappa shape index (κ3) is 6.63. The van der Waals surface area contributed by atoms with E-state index in [2.05, 4.69) is 16.8 Å². The van der Waals surface area contributed by atoms with Gasteiger partial charge in [-0.25, -0.2) is 12.8 Å². The number of carbonyl (C=O) groups is 1. The fraction of sp³-hybridized carbons (Fsp3) is 0.472. The molecule has 1 amide bonds. The molecule has 3 aromatic rings. The maximum absolute atomic E-state index is 14.4. The second kappa shape index (κ2) is 14.0. The molecule has 48 heavy (non-hydrogen) atoms. The van der Waals surface area contributed by atoms with Gasteiger partial charge in [-0.15, -0.1) is 0 Å². The summed E-state index contributed by atoms with van der Waals surface area (Å²) in [6, 6.07) is 16.6. The quantitative estimate of drug-likeness (QED) is 0.333. The second-order valence-electron chi connectivity index (χ2n) is 13.1. The van der Waals surface area contributed by atoms with Crippen LogP contribution in [0.3, 0.4) is 0 Å². The standard InChI is InChI=1S/C36H45FN4O6S/c1-26-20-31(45-4)21-27(2)35(26)48(43,44)41-30(24-47-33-11-6-5-10-32(33)41)23-46-25-34(42)39-14-12-36(13-15-39,28-8-7-9-29(37)22-28)40-18-16-38(3)17-19-40/h5-11,20-22,30H,12-19,23-25H2,1-4H3. The molecular formula is C36H45FN4O6S. The number of likely N-dealkylation sites (tertiary alicyclic amines) is 1. The van der Waals surface area contributed by atoms with Crippen molar-refractivity contribution in [2.75, 3.05) is 77.6 Å². The van der Waals surface area contributed by atoms with E-state index in [1.807, 2.05) is 6.07 Å². The van der Waals surface area contributed by atoms with E-state index in [-0.39, 0.29) is 42.0 Å². The number of benzene rings is 3. The first-order valence-electron chi connectivity index (χ1n) is 16.5. The molecule has 0 aliphatic carbocycles. The van der Waals surface area contributed by atoms with E-state index in [1.54, 1.807) is 74.4 Å². The number of nitrogens with zero attached hydrogens (tertiary/aromatic N) is 4. The Balaban J connectivity index is 1.15. The molecule has 0 saturated carbocycles. The summed E-state index contributed by atoms with van der Waals surface area (Å²) in [5.41, 5.74) is 2.17. The molecule has 1 unspecified atom stereocenters. The number of ether oxygens (including phenoxy) is 3. The smallest absolute Gasteiger partial charge is 0.265 e. The van der Waals surface area contributed by atoms with Crippen molar-refractivity contribution in [2.24, 2.45) is 0 Å². The minimum absolute atomic E-state index is 0.0318. The Morgan fingerprint density at radius 2 is 1.65 bits per heavy atom. The molecule has 10 nitrogen and oxygen atoms in total. The molecule has 3 aliphatic rings. The minimum Gasteiger partial charge on any atom is -0.497 e. The molecule has 6 rings (SSSR count). The molecular weight excluding hydrogens is 635 g/mol. The molecule has 2 saturated heterocycles. The van der Waals surface area contributed by atoms with Gasteiger partial charge in [-0.2, -0.15) is 0 Å². The van der Waals surface area contributed by atoms with Crippen molar-refractivity contribution in [3.8, 4) is 11.5 Å². The number of halogens is 1. The molecule has 258 valence electrons. The number of likely N-dealkylation sites (N-methyl/N-ethyl adjacent to an activating group) is 1. The van der Waals surface area contributed by atoms with Crippen LogP contribution in [0.2, 0.25) is 0 Å². The highest BCUT2D eigenvalue weighted by molar-refractivity contribution is 7.93. The summed E-state index contributed by atoms with van der Waals surface area (Å²) >= 11 is 0. The normalized spacial score (nSPS) is 20.2. The Hall–Kier alpha value is -3.71. The van der Waals surface area contributed by atoms with Gasteiger partial charge in [-0.05, 0) is 86.8 Å². The first kappa shape index (κ1) is 34.2. The lowest BCUT2D eigenvalue weighted by Gasteiger charge is -2.51. The van der Waals surface area contributed by atoms with Crippen LogP contribution in [-0.2, 0) is 25.1 Å². The number of rotatable bonds is 9. The number of sulfonamides is 1. The number of piperidine rings is 1. The SMILES string of the molecule is COc1cc(C)c(S(=O)(=O)N2c3ccccc3OCC2COCC(=O)N2CCC(c3cccc(F)c3)(N3CCN(C)CC3)CC2)c(C)c1. The van der Waals surface area contributed by atoms with Gasteiger partial charge in [0.25, 0.3) is 10.0 Å². The predicted molar refractivity (Wildman–Crippen MR) is 182 cm³/mol. The van der Waals surface area contributed by atoms with Gasteiger partial charge in [0, 0.05) is 44.8 Å². The van der Waals surface area contributed by atoms with Crippen LogP contribution in [0, 0.1) is 19.7 Å². The van der Waals surface area contributed by atoms with Crippen LogP contribution in [0.25, 0.3) is 0 Å². The Kier molecular flexibility index (Phi) is 9.98. The molecule has 0 spiro atoms. The number of hydrogen-bond acceptors (Lipinski definition) is 8. The van der Waals surface area contributed by atoms with E-state index in [0.717, 1.165) is 31.7 Å². The summed E-state index contributed by atoms with van der Waals surface area (Å²) in [4.78, 5) is 20.2. The Labute approximate surface area is 283 Å². The van der Waals surface area contributed by atoms with Gasteiger partial charge in [0.2, 0.25) is 5.91 Å². The molecule has 2 fully saturated rings. The maximum Gasteiger partial charge on any atom is 0.265 e. The van der Waals surface area contributed by atoms with Gasteiger partial charge in [0.1, 0.15) is 36.6 Å². The lowest BCUT2D eigenvalue weighted by molar-refractivity contribution is -0.139. The fourth-order valence-electron chi connectivity index (χ4n) is 7.49. The number of amides is 1. The lowest BCUT2D eigenvalue weighted by atomic mass is 9.78. The van der Waals surface area contributed by atoms with E-state index in [4.69, 9.17) is 14.2 Å². The number of hydrogen-bond donors (Lipinski definition) is 0. The molecule has 0 aromatic heterocycles. The highest BCUT2D eigenvalue weighted by Crippen LogP contribution is 2.41. The zero-order valence-electron chi connectivity index (χ0n) is 28.2. The average Bonchev–Trinajstić information content (AvgIpc) is 3.07. The third-order valence-corrected chi connectivity index (χ3v) is 12.2. The van der Waals surface area contributed by atoms with Crippen molar-refractivity contribution < 1.29 is 31.8 Å². The summed E-state index contributed by atoms with van der Waals surface area (Å²) < 4.78 is 61.8. The van der Waals surface area contributed by atoms with Crippen LogP contribution in [0.4, 0.5) is 10.1 Å². The van der Waals surface area contributed by atoms with E-state index < -0.39 is 16.1 Å². The van der Waals surface area contributed by atoms with Crippen molar-refractivity contribution in [1.82, 2.24) is 14.7 Å². The molecule has 1 atom stereocenters. The van der Waals surface area contributed by atoms with Crippen molar-refractivity contribution in [3.05, 3.63) is 83.2 Å². The van der Waals surface area contributed by atoms with Gasteiger partial charge in [-0.3, -0.25) is 14.0 Å². The summed E-state index contributed by atoms with van der Waals surface area (Å²) in [6.45, 7) is 8.03. The van der Waals surface area contributed by atoms with Crippen molar-refractivity contribution in [3.63, 3.8) is 0 Å². The van der Waals surface area contributed by atoms with Crippen LogP contribution in [0.1, 0.15) is 29.5 Å². The van der Waals surface area contributed by atoms with Gasteiger partial charge >= 0.3 is 0 Å². The molecule has 0 bridgehead atoms. The third-order valence-electron chi connectivity index (χ3n) is 10.0. The number of anilines is 1. The first-order valence-corrected chi connectivity index (χ1v) is 17.9. The molecule has 3 aromatic carbocycles. The molecule has 0 N–H and O–H groups in total. The monoisotopic (exact) mass is 680 g/mol. The summed E-state index contributed by atoms with van der Waals surface area (Å²) in [5.74, 6) is 0.636. The summed E-state index contributed by atoms with van der Waals surface area (Å²) in [7, 11) is -0.389. The number of aryl methyl sites for hydroxylation is 2. The topological polar surface area (TPSA) is 91.9 Å². The second-order valence-corrected chi connectivity index (χ2v) is 14.8. The molecule has 3 aliphatic heterocycles. The van der Waals surface area contributed by atoms with Crippen LogP contribution in [-0.4, -0.2) is 108 Å². The maximum atomic E-state index is 14.4. The Morgan fingerprint density at radius 1 is 0.958 bits per heavy atom. The number of carbonyl (C=O) groups excluding carboxylic acids is 1. The first-order chi connectivity index (χ1) is 23.0. The predicted octanol–water partition coefficient (Wildman–Crippen LogP) is 4.19. The van der Waals surface area contributed by atoms with E-state index in [1.165, 1.54) is 10.4 Å².